The van der Waals surface area contributed by atoms with Crippen LogP contribution in [0.1, 0.15) is 0 Å². The molecule has 0 radical (unpaired) electrons. The van der Waals surface area contributed by atoms with E-state index in [0.29, 0.717) is 11.4 Å². The van der Waals surface area contributed by atoms with Gasteiger partial charge in [-0.1, -0.05) is 12.1 Å². The van der Waals surface area contributed by atoms with E-state index in [1.807, 2.05) is 18.2 Å². The van der Waals surface area contributed by atoms with Gasteiger partial charge in [0.25, 0.3) is 0 Å². The van der Waals surface area contributed by atoms with Crippen molar-refractivity contribution >= 4 is 21.8 Å². The molecule has 0 aliphatic heterocycles. The summed E-state index contributed by atoms with van der Waals surface area (Å²) >= 11 is 0. The highest BCUT2D eigenvalue weighted by Gasteiger charge is 2.15. The molecular formula is C23H14FN7. The Balaban J connectivity index is 1.52. The SMILES string of the molecule is Fc1cccc(-c2cncc3[nH]c(-c4n[nH]c5cnc(-c6cnccn6)cc45)cc23)c1. The van der Waals surface area contributed by atoms with Crippen molar-refractivity contribution in [1.29, 1.82) is 0 Å². The summed E-state index contributed by atoms with van der Waals surface area (Å²) in [4.78, 5) is 20.6. The maximum absolute atomic E-state index is 13.8. The third-order valence-corrected chi connectivity index (χ3v) is 5.21. The Morgan fingerprint density at radius 3 is 2.61 bits per heavy atom. The Bertz CT molecular complexity index is 1550. The molecule has 0 spiro atoms. The molecule has 6 rings (SSSR count). The van der Waals surface area contributed by atoms with Gasteiger partial charge >= 0.3 is 0 Å². The summed E-state index contributed by atoms with van der Waals surface area (Å²) in [5.74, 6) is -0.285. The van der Waals surface area contributed by atoms with Gasteiger partial charge in [-0.2, -0.15) is 5.10 Å². The summed E-state index contributed by atoms with van der Waals surface area (Å²) in [7, 11) is 0. The van der Waals surface area contributed by atoms with Gasteiger partial charge in [0, 0.05) is 34.9 Å². The lowest BCUT2D eigenvalue weighted by molar-refractivity contribution is 0.628. The summed E-state index contributed by atoms with van der Waals surface area (Å²) in [5.41, 5.74) is 6.24. The van der Waals surface area contributed by atoms with Crippen LogP contribution in [0.5, 0.6) is 0 Å². The second-order valence-electron chi connectivity index (χ2n) is 7.12. The summed E-state index contributed by atoms with van der Waals surface area (Å²) in [6, 6.07) is 10.4. The van der Waals surface area contributed by atoms with Crippen LogP contribution in [0.4, 0.5) is 4.39 Å². The van der Waals surface area contributed by atoms with Gasteiger partial charge in [0.15, 0.2) is 0 Å². The van der Waals surface area contributed by atoms with Gasteiger partial charge in [0.2, 0.25) is 0 Å². The highest BCUT2D eigenvalue weighted by molar-refractivity contribution is 6.00. The van der Waals surface area contributed by atoms with E-state index in [4.69, 9.17) is 0 Å². The molecule has 148 valence electrons. The van der Waals surface area contributed by atoms with E-state index in [9.17, 15) is 4.39 Å². The highest BCUT2D eigenvalue weighted by Crippen LogP contribution is 2.34. The fourth-order valence-electron chi connectivity index (χ4n) is 3.76. The molecule has 8 heteroatoms. The van der Waals surface area contributed by atoms with Crippen LogP contribution >= 0.6 is 0 Å². The minimum atomic E-state index is -0.285. The molecule has 0 unspecified atom stereocenters. The number of pyridine rings is 2. The number of aromatic nitrogens is 7. The fraction of sp³-hybridized carbons (Fsp3) is 0. The van der Waals surface area contributed by atoms with Gasteiger partial charge in [0.1, 0.15) is 17.2 Å². The molecule has 0 atom stereocenters. The minimum Gasteiger partial charge on any atom is -0.352 e. The molecule has 5 heterocycles. The van der Waals surface area contributed by atoms with Crippen molar-refractivity contribution in [1.82, 2.24) is 35.1 Å². The van der Waals surface area contributed by atoms with Crippen LogP contribution in [0.25, 0.3) is 55.7 Å². The van der Waals surface area contributed by atoms with Crippen LogP contribution in [0, 0.1) is 5.82 Å². The first-order valence-electron chi connectivity index (χ1n) is 9.60. The largest absolute Gasteiger partial charge is 0.352 e. The van der Waals surface area contributed by atoms with E-state index >= 15 is 0 Å². The Morgan fingerprint density at radius 1 is 0.774 bits per heavy atom. The number of fused-ring (bicyclic) bond motifs is 2. The predicted octanol–water partition coefficient (Wildman–Crippen LogP) is 4.76. The van der Waals surface area contributed by atoms with Crippen molar-refractivity contribution in [2.24, 2.45) is 0 Å². The van der Waals surface area contributed by atoms with E-state index in [1.165, 1.54) is 12.1 Å². The van der Waals surface area contributed by atoms with Crippen LogP contribution in [-0.4, -0.2) is 35.1 Å². The van der Waals surface area contributed by atoms with Crippen molar-refractivity contribution in [3.05, 3.63) is 79.4 Å². The molecule has 2 N–H and O–H groups in total. The van der Waals surface area contributed by atoms with Crippen LogP contribution in [0.3, 0.4) is 0 Å². The number of hydrogen-bond acceptors (Lipinski definition) is 5. The van der Waals surface area contributed by atoms with Gasteiger partial charge < -0.3 is 4.98 Å². The second kappa shape index (κ2) is 6.81. The van der Waals surface area contributed by atoms with Crippen molar-refractivity contribution in [2.45, 2.75) is 0 Å². The standard InChI is InChI=1S/C23H14FN7/c24-14-3-1-2-13(6-14)17-9-26-10-20-15(17)7-19(29-20)23-16-8-18(22-11-25-4-5-27-22)28-12-21(16)30-31-23/h1-12,29H,(H,30,31). The van der Waals surface area contributed by atoms with Crippen molar-refractivity contribution in [3.8, 4) is 33.9 Å². The molecular weight excluding hydrogens is 393 g/mol. The van der Waals surface area contributed by atoms with Crippen molar-refractivity contribution in [3.63, 3.8) is 0 Å². The maximum atomic E-state index is 13.8. The first-order chi connectivity index (χ1) is 15.3. The van der Waals surface area contributed by atoms with E-state index in [2.05, 4.69) is 35.1 Å². The molecule has 0 aliphatic carbocycles. The molecule has 0 saturated heterocycles. The van der Waals surface area contributed by atoms with Crippen molar-refractivity contribution < 1.29 is 4.39 Å². The monoisotopic (exact) mass is 407 g/mol. The van der Waals surface area contributed by atoms with Crippen LogP contribution < -0.4 is 0 Å². The van der Waals surface area contributed by atoms with Gasteiger partial charge in [-0.25, -0.2) is 4.39 Å². The lowest BCUT2D eigenvalue weighted by atomic mass is 10.0. The third kappa shape index (κ3) is 2.93. The van der Waals surface area contributed by atoms with E-state index in [1.54, 1.807) is 43.2 Å². The van der Waals surface area contributed by atoms with Crippen LogP contribution in [0.2, 0.25) is 0 Å². The minimum absolute atomic E-state index is 0.285. The first kappa shape index (κ1) is 17.4. The quantitative estimate of drug-likeness (QED) is 0.441. The van der Waals surface area contributed by atoms with Crippen LogP contribution in [0.15, 0.2) is 73.6 Å². The summed E-state index contributed by atoms with van der Waals surface area (Å²) in [5, 5.41) is 9.37. The molecule has 0 bridgehead atoms. The average molecular weight is 407 g/mol. The zero-order chi connectivity index (χ0) is 20.8. The molecule has 0 saturated carbocycles. The number of hydrogen-bond donors (Lipinski definition) is 2. The lowest BCUT2D eigenvalue weighted by Gasteiger charge is -2.02. The molecule has 5 aromatic heterocycles. The van der Waals surface area contributed by atoms with Gasteiger partial charge in [-0.15, -0.1) is 0 Å². The molecule has 0 amide bonds. The smallest absolute Gasteiger partial charge is 0.123 e. The Kier molecular flexibility index (Phi) is 3.82. The Labute approximate surface area is 175 Å². The predicted molar refractivity (Wildman–Crippen MR) is 115 cm³/mol. The van der Waals surface area contributed by atoms with E-state index < -0.39 is 0 Å². The lowest BCUT2D eigenvalue weighted by Crippen LogP contribution is -1.88. The fourth-order valence-corrected chi connectivity index (χ4v) is 3.76. The molecule has 6 aromatic rings. The number of halogens is 1. The third-order valence-electron chi connectivity index (χ3n) is 5.21. The van der Waals surface area contributed by atoms with E-state index in [-0.39, 0.29) is 5.82 Å². The number of benzene rings is 1. The number of H-pyrrole nitrogens is 2. The topological polar surface area (TPSA) is 96.0 Å². The summed E-state index contributed by atoms with van der Waals surface area (Å²) in [6.45, 7) is 0. The maximum Gasteiger partial charge on any atom is 0.123 e. The highest BCUT2D eigenvalue weighted by atomic mass is 19.1. The second-order valence-corrected chi connectivity index (χ2v) is 7.12. The summed E-state index contributed by atoms with van der Waals surface area (Å²) in [6.07, 6.45) is 10.2. The normalized spacial score (nSPS) is 11.4. The Hall–Kier alpha value is -4.46. The number of nitrogens with one attached hydrogen (secondary N) is 2. The average Bonchev–Trinajstić information content (AvgIpc) is 3.43. The Morgan fingerprint density at radius 2 is 1.74 bits per heavy atom. The van der Waals surface area contributed by atoms with Crippen LogP contribution in [-0.2, 0) is 0 Å². The van der Waals surface area contributed by atoms with Crippen molar-refractivity contribution in [2.75, 3.05) is 0 Å². The molecule has 0 fully saturated rings. The zero-order valence-corrected chi connectivity index (χ0v) is 16.0. The number of nitrogens with zero attached hydrogens (tertiary/aromatic N) is 5. The molecule has 31 heavy (non-hydrogen) atoms. The number of aromatic amines is 2. The van der Waals surface area contributed by atoms with Gasteiger partial charge in [-0.3, -0.25) is 25.0 Å². The van der Waals surface area contributed by atoms with Gasteiger partial charge in [0.05, 0.1) is 41.0 Å². The molecule has 7 nitrogen and oxygen atoms in total. The molecule has 0 aliphatic rings. The zero-order valence-electron chi connectivity index (χ0n) is 16.0. The summed E-state index contributed by atoms with van der Waals surface area (Å²) < 4.78 is 13.8. The van der Waals surface area contributed by atoms with E-state index in [0.717, 1.165) is 44.3 Å². The number of rotatable bonds is 3. The molecule has 1 aromatic carbocycles. The van der Waals surface area contributed by atoms with Gasteiger partial charge in [-0.05, 0) is 29.8 Å². The first-order valence-corrected chi connectivity index (χ1v) is 9.60.